The Bertz CT molecular complexity index is 1310. The number of anilines is 3. The van der Waals surface area contributed by atoms with Crippen molar-refractivity contribution < 1.29 is 53.5 Å². The molecule has 0 atom stereocenters. The summed E-state index contributed by atoms with van der Waals surface area (Å²) in [6.07, 6.45) is 0. The van der Waals surface area contributed by atoms with Crippen molar-refractivity contribution in [2.45, 2.75) is 4.90 Å². The molecular formula is C20H14ClN2NaO5S. The molecule has 0 spiro atoms. The Morgan fingerprint density at radius 3 is 2.00 bits per heavy atom. The zero-order valence-corrected chi connectivity index (χ0v) is 19.2. The van der Waals surface area contributed by atoms with Crippen molar-refractivity contribution in [1.82, 2.24) is 0 Å². The monoisotopic (exact) mass is 452 g/mol. The predicted molar refractivity (Wildman–Crippen MR) is 110 cm³/mol. The number of fused-ring (bicyclic) bond motifs is 2. The molecule has 3 aromatic carbocycles. The molecule has 0 heterocycles. The van der Waals surface area contributed by atoms with Crippen LogP contribution in [0.15, 0.2) is 59.5 Å². The second-order valence-electron chi connectivity index (χ2n) is 6.40. The van der Waals surface area contributed by atoms with Crippen molar-refractivity contribution in [2.75, 3.05) is 11.1 Å². The Labute approximate surface area is 200 Å². The molecule has 30 heavy (non-hydrogen) atoms. The molecule has 4 N–H and O–H groups in total. The van der Waals surface area contributed by atoms with Gasteiger partial charge in [-0.2, -0.15) is 8.42 Å². The Morgan fingerprint density at radius 2 is 1.47 bits per heavy atom. The number of nitrogen functional groups attached to an aromatic ring is 1. The van der Waals surface area contributed by atoms with Gasteiger partial charge in [-0.25, -0.2) is 0 Å². The van der Waals surface area contributed by atoms with Gasteiger partial charge >= 0.3 is 29.6 Å². The average Bonchev–Trinajstić information content (AvgIpc) is 2.68. The molecule has 4 rings (SSSR count). The van der Waals surface area contributed by atoms with E-state index in [4.69, 9.17) is 17.3 Å². The van der Waals surface area contributed by atoms with Gasteiger partial charge in [-0.15, -0.1) is 0 Å². The summed E-state index contributed by atoms with van der Waals surface area (Å²) in [6.45, 7) is 0. The number of carbonyl (C=O) groups excluding carboxylic acids is 2. The zero-order chi connectivity index (χ0) is 20.9. The fourth-order valence-corrected chi connectivity index (χ4v) is 4.07. The molecule has 1 aliphatic carbocycles. The summed E-state index contributed by atoms with van der Waals surface area (Å²) < 4.78 is 33.3. The van der Waals surface area contributed by atoms with E-state index in [2.05, 4.69) is 5.32 Å². The number of rotatable bonds is 3. The van der Waals surface area contributed by atoms with Crippen LogP contribution >= 0.6 is 11.6 Å². The van der Waals surface area contributed by atoms with Gasteiger partial charge in [0, 0.05) is 21.8 Å². The van der Waals surface area contributed by atoms with Crippen LogP contribution in [0.3, 0.4) is 0 Å². The van der Waals surface area contributed by atoms with Crippen LogP contribution in [0.25, 0.3) is 0 Å². The van der Waals surface area contributed by atoms with Crippen LogP contribution in [0, 0.1) is 0 Å². The van der Waals surface area contributed by atoms with Crippen LogP contribution in [-0.2, 0) is 10.1 Å². The van der Waals surface area contributed by atoms with Crippen LogP contribution in [0.1, 0.15) is 33.3 Å². The van der Waals surface area contributed by atoms with E-state index in [-0.39, 0.29) is 58.9 Å². The Hall–Kier alpha value is -2.20. The number of benzene rings is 3. The van der Waals surface area contributed by atoms with Gasteiger partial charge in [-0.1, -0.05) is 35.9 Å². The number of nitrogens with two attached hydrogens (primary N) is 1. The second-order valence-corrected chi connectivity index (χ2v) is 8.22. The molecule has 10 heteroatoms. The van der Waals surface area contributed by atoms with Crippen molar-refractivity contribution in [3.8, 4) is 0 Å². The van der Waals surface area contributed by atoms with Crippen LogP contribution in [0.5, 0.6) is 0 Å². The number of ketones is 2. The van der Waals surface area contributed by atoms with Gasteiger partial charge in [0.2, 0.25) is 0 Å². The van der Waals surface area contributed by atoms with Gasteiger partial charge in [0.25, 0.3) is 10.1 Å². The minimum atomic E-state index is -4.76. The summed E-state index contributed by atoms with van der Waals surface area (Å²) in [4.78, 5) is 25.5. The van der Waals surface area contributed by atoms with Gasteiger partial charge in [0.1, 0.15) is 4.90 Å². The largest absolute Gasteiger partial charge is 1.00 e. The number of hydrogen-bond acceptors (Lipinski definition) is 6. The Balaban J connectivity index is 0.00000171. The molecule has 3 aromatic rings. The number of carbonyl (C=O) groups is 2. The van der Waals surface area contributed by atoms with Gasteiger partial charge in [0.15, 0.2) is 11.6 Å². The van der Waals surface area contributed by atoms with Crippen LogP contribution < -0.4 is 40.6 Å². The molecule has 7 nitrogen and oxygen atoms in total. The van der Waals surface area contributed by atoms with Crippen LogP contribution in [-0.4, -0.2) is 24.5 Å². The normalized spacial score (nSPS) is 12.6. The van der Waals surface area contributed by atoms with Crippen molar-refractivity contribution >= 4 is 50.3 Å². The molecule has 0 saturated heterocycles. The zero-order valence-electron chi connectivity index (χ0n) is 16.6. The fourth-order valence-electron chi connectivity index (χ4n) is 3.29. The third kappa shape index (κ3) is 3.78. The van der Waals surface area contributed by atoms with E-state index in [0.717, 1.165) is 6.07 Å². The molecule has 0 amide bonds. The summed E-state index contributed by atoms with van der Waals surface area (Å²) >= 11 is 5.88. The first-order chi connectivity index (χ1) is 13.7. The molecule has 0 unspecified atom stereocenters. The minimum absolute atomic E-state index is 0. The predicted octanol–water partition coefficient (Wildman–Crippen LogP) is 0.804. The summed E-state index contributed by atoms with van der Waals surface area (Å²) in [5.41, 5.74) is 5.93. The van der Waals surface area contributed by atoms with Gasteiger partial charge in [-0.05, 0) is 30.3 Å². The number of halogens is 1. The molecule has 1 aliphatic rings. The molecule has 0 bridgehead atoms. The van der Waals surface area contributed by atoms with Crippen LogP contribution in [0.4, 0.5) is 17.1 Å². The van der Waals surface area contributed by atoms with E-state index in [1.165, 1.54) is 12.1 Å². The Morgan fingerprint density at radius 1 is 0.933 bits per heavy atom. The van der Waals surface area contributed by atoms with Gasteiger partial charge in [-0.3, -0.25) is 14.1 Å². The van der Waals surface area contributed by atoms with E-state index in [0.29, 0.717) is 10.7 Å². The summed E-state index contributed by atoms with van der Waals surface area (Å²) in [5.74, 6) is -1.09. The molecule has 0 fully saturated rings. The maximum absolute atomic E-state index is 13.2. The van der Waals surface area contributed by atoms with Crippen LogP contribution in [0.2, 0.25) is 5.02 Å². The molecule has 0 radical (unpaired) electrons. The third-order valence-electron chi connectivity index (χ3n) is 4.60. The average molecular weight is 453 g/mol. The van der Waals surface area contributed by atoms with Crippen molar-refractivity contribution in [3.63, 3.8) is 0 Å². The quantitative estimate of drug-likeness (QED) is 0.238. The molecule has 148 valence electrons. The van der Waals surface area contributed by atoms with E-state index in [1.54, 1.807) is 36.4 Å². The molecule has 0 saturated carbocycles. The molecular weight excluding hydrogens is 439 g/mol. The maximum Gasteiger partial charge on any atom is 1.00 e. The maximum atomic E-state index is 13.2. The Kier molecular flexibility index (Phi) is 6.10. The van der Waals surface area contributed by atoms with E-state index in [1.807, 2.05) is 0 Å². The first kappa shape index (κ1) is 22.5. The van der Waals surface area contributed by atoms with Gasteiger partial charge < -0.3 is 12.5 Å². The smallest absolute Gasteiger partial charge is 1.00 e. The van der Waals surface area contributed by atoms with Crippen molar-refractivity contribution in [2.24, 2.45) is 0 Å². The van der Waals surface area contributed by atoms with E-state index in [9.17, 15) is 22.6 Å². The molecule has 0 aromatic heterocycles. The topological polar surface area (TPSA) is 127 Å². The van der Waals surface area contributed by atoms with Gasteiger partial charge in [0.05, 0.1) is 22.5 Å². The van der Waals surface area contributed by atoms with Crippen molar-refractivity contribution in [1.29, 1.82) is 0 Å². The first-order valence-electron chi connectivity index (χ1n) is 8.33. The standard InChI is InChI=1S/C20H13ClN2O5S.Na.H/c21-10-5-7-11(8-6-10)23-14-9-15(29(26,27)28)18(22)17-16(14)19(24)12-3-1-2-4-13(12)20(17)25;;/h1-9,23H,22H2,(H,26,27,28);;/q;+1;-1. The number of hydrogen-bond donors (Lipinski definition) is 3. The summed E-state index contributed by atoms with van der Waals surface area (Å²) in [6, 6.07) is 13.6. The SMILES string of the molecule is Nc1c(S(=O)(=O)O)cc(Nc2ccc(Cl)cc2)c2c1C(=O)c1ccccc1C2=O.[H-].[Na+]. The summed E-state index contributed by atoms with van der Waals surface area (Å²) in [5, 5.41) is 3.40. The van der Waals surface area contributed by atoms with Crippen molar-refractivity contribution in [3.05, 3.63) is 81.9 Å². The first-order valence-corrected chi connectivity index (χ1v) is 10.2. The van der Waals surface area contributed by atoms with E-state index >= 15 is 0 Å². The number of nitrogens with one attached hydrogen (secondary N) is 1. The summed E-state index contributed by atoms with van der Waals surface area (Å²) in [7, 11) is -4.76. The fraction of sp³-hybridized carbons (Fsp3) is 0. The second kappa shape index (κ2) is 8.14. The third-order valence-corrected chi connectivity index (χ3v) is 5.75. The van der Waals surface area contributed by atoms with E-state index < -0.39 is 32.3 Å². The molecule has 0 aliphatic heterocycles. The minimum Gasteiger partial charge on any atom is -1.00 e.